The third kappa shape index (κ3) is 4.92. The van der Waals surface area contributed by atoms with Gasteiger partial charge in [-0.2, -0.15) is 0 Å². The summed E-state index contributed by atoms with van der Waals surface area (Å²) in [5.74, 6) is 1.000. The number of benzene rings is 3. The fourth-order valence-corrected chi connectivity index (χ4v) is 4.46. The molecule has 0 radical (unpaired) electrons. The molecule has 4 rings (SSSR count). The topological polar surface area (TPSA) is 82.5 Å². The van der Waals surface area contributed by atoms with Crippen molar-refractivity contribution in [2.75, 3.05) is 20.0 Å². The maximum Gasteiger partial charge on any atom is 0.266 e. The number of carbonyl (C=O) groups excluding carboxylic acids is 1. The van der Waals surface area contributed by atoms with E-state index in [4.69, 9.17) is 14.5 Å². The van der Waals surface area contributed by atoms with Crippen molar-refractivity contribution in [3.05, 3.63) is 88.7 Å². The number of para-hydroxylation sites is 1. The Balaban J connectivity index is 1.67. The fourth-order valence-electron chi connectivity index (χ4n) is 3.64. The third-order valence-corrected chi connectivity index (χ3v) is 6.32. The highest BCUT2D eigenvalue weighted by atomic mass is 32.2. The van der Waals surface area contributed by atoms with Crippen molar-refractivity contribution in [2.45, 2.75) is 18.1 Å². The molecule has 0 bridgehead atoms. The molecule has 1 aromatic heterocycles. The van der Waals surface area contributed by atoms with Gasteiger partial charge in [0.25, 0.3) is 5.56 Å². The summed E-state index contributed by atoms with van der Waals surface area (Å²) in [7, 11) is 3.09. The van der Waals surface area contributed by atoms with Crippen LogP contribution in [0.15, 0.2) is 82.7 Å². The number of nitrogens with zero attached hydrogens (tertiary/aromatic N) is 2. The van der Waals surface area contributed by atoms with E-state index in [1.54, 1.807) is 43.5 Å². The predicted octanol–water partition coefficient (Wildman–Crippen LogP) is 4.37. The number of methoxy groups -OCH3 is 2. The van der Waals surface area contributed by atoms with Crippen molar-refractivity contribution >= 4 is 28.6 Å². The van der Waals surface area contributed by atoms with E-state index in [1.165, 1.54) is 23.4 Å². The molecule has 1 unspecified atom stereocenters. The highest BCUT2D eigenvalue weighted by Gasteiger charge is 2.17. The second-order valence-electron chi connectivity index (χ2n) is 7.58. The van der Waals surface area contributed by atoms with Gasteiger partial charge >= 0.3 is 0 Å². The van der Waals surface area contributed by atoms with Crippen molar-refractivity contribution in [3.8, 4) is 17.2 Å². The lowest BCUT2D eigenvalue weighted by atomic mass is 10.1. The molecule has 0 fully saturated rings. The van der Waals surface area contributed by atoms with Crippen LogP contribution in [0.25, 0.3) is 16.6 Å². The number of fused-ring (bicyclic) bond motifs is 1. The first-order chi connectivity index (χ1) is 16.5. The lowest BCUT2D eigenvalue weighted by Crippen LogP contribution is -2.29. The first-order valence-corrected chi connectivity index (χ1v) is 11.7. The summed E-state index contributed by atoms with van der Waals surface area (Å²) < 4.78 is 12.2. The third-order valence-electron chi connectivity index (χ3n) is 5.38. The Hall–Kier alpha value is -3.78. The maximum absolute atomic E-state index is 13.4. The zero-order chi connectivity index (χ0) is 24.1. The summed E-state index contributed by atoms with van der Waals surface area (Å²) in [6.07, 6.45) is 0. The molecule has 8 heteroatoms. The zero-order valence-electron chi connectivity index (χ0n) is 19.1. The monoisotopic (exact) mass is 475 g/mol. The first-order valence-electron chi connectivity index (χ1n) is 10.7. The van der Waals surface area contributed by atoms with Gasteiger partial charge in [0, 0.05) is 6.07 Å². The van der Waals surface area contributed by atoms with E-state index in [2.05, 4.69) is 5.32 Å². The highest BCUT2D eigenvalue weighted by molar-refractivity contribution is 7.99. The van der Waals surface area contributed by atoms with Gasteiger partial charge in [-0.3, -0.25) is 14.2 Å². The van der Waals surface area contributed by atoms with Crippen molar-refractivity contribution < 1.29 is 14.3 Å². The molecule has 0 aliphatic rings. The average molecular weight is 476 g/mol. The highest BCUT2D eigenvalue weighted by Crippen LogP contribution is 2.30. The van der Waals surface area contributed by atoms with E-state index < -0.39 is 0 Å². The Bertz CT molecular complexity index is 1370. The van der Waals surface area contributed by atoms with Crippen molar-refractivity contribution in [3.63, 3.8) is 0 Å². The quantitative estimate of drug-likeness (QED) is 0.301. The summed E-state index contributed by atoms with van der Waals surface area (Å²) >= 11 is 1.21. The predicted molar refractivity (Wildman–Crippen MR) is 134 cm³/mol. The van der Waals surface area contributed by atoms with Gasteiger partial charge < -0.3 is 14.8 Å². The number of amides is 1. The molecule has 0 aliphatic heterocycles. The van der Waals surface area contributed by atoms with E-state index in [0.29, 0.717) is 33.2 Å². The molecule has 0 aliphatic carbocycles. The van der Waals surface area contributed by atoms with Crippen LogP contribution in [0, 0.1) is 0 Å². The van der Waals surface area contributed by atoms with E-state index in [9.17, 15) is 9.59 Å². The molecule has 34 heavy (non-hydrogen) atoms. The van der Waals surface area contributed by atoms with Crippen LogP contribution in [0.4, 0.5) is 0 Å². The summed E-state index contributed by atoms with van der Waals surface area (Å²) in [5.41, 5.74) is 1.94. The van der Waals surface area contributed by atoms with Crippen LogP contribution in [0.3, 0.4) is 0 Å². The van der Waals surface area contributed by atoms with Crippen LogP contribution in [0.1, 0.15) is 18.5 Å². The van der Waals surface area contributed by atoms with Crippen molar-refractivity contribution in [1.29, 1.82) is 0 Å². The Morgan fingerprint density at radius 2 is 1.71 bits per heavy atom. The summed E-state index contributed by atoms with van der Waals surface area (Å²) in [5, 5.41) is 3.90. The molecular formula is C26H25N3O4S. The van der Waals surface area contributed by atoms with E-state index >= 15 is 0 Å². The van der Waals surface area contributed by atoms with Crippen molar-refractivity contribution in [1.82, 2.24) is 14.9 Å². The normalized spacial score (nSPS) is 11.7. The van der Waals surface area contributed by atoms with Gasteiger partial charge in [0.1, 0.15) is 0 Å². The molecule has 7 nitrogen and oxygen atoms in total. The number of hydrogen-bond donors (Lipinski definition) is 1. The molecule has 4 aromatic rings. The minimum atomic E-state index is -0.224. The first kappa shape index (κ1) is 23.4. The van der Waals surface area contributed by atoms with Gasteiger partial charge in [-0.25, -0.2) is 4.98 Å². The van der Waals surface area contributed by atoms with Crippen molar-refractivity contribution in [2.24, 2.45) is 0 Å². The molecule has 0 saturated heterocycles. The largest absolute Gasteiger partial charge is 0.493 e. The zero-order valence-corrected chi connectivity index (χ0v) is 20.0. The van der Waals surface area contributed by atoms with Gasteiger partial charge in [-0.15, -0.1) is 0 Å². The van der Waals surface area contributed by atoms with Gasteiger partial charge in [0.2, 0.25) is 5.91 Å². The second kappa shape index (κ2) is 10.4. The van der Waals surface area contributed by atoms with Crippen LogP contribution in [0.5, 0.6) is 11.5 Å². The maximum atomic E-state index is 13.4. The Labute approximate surface area is 201 Å². The summed E-state index contributed by atoms with van der Waals surface area (Å²) in [6, 6.07) is 22.0. The minimum Gasteiger partial charge on any atom is -0.493 e. The number of hydrogen-bond acceptors (Lipinski definition) is 6. The van der Waals surface area contributed by atoms with Gasteiger partial charge in [-0.1, -0.05) is 54.2 Å². The molecular weight excluding hydrogens is 450 g/mol. The molecule has 174 valence electrons. The minimum absolute atomic E-state index is 0.106. The fraction of sp³-hybridized carbons (Fsp3) is 0.192. The lowest BCUT2D eigenvalue weighted by Gasteiger charge is -2.16. The van der Waals surface area contributed by atoms with Crippen LogP contribution >= 0.6 is 11.8 Å². The number of carbonyl (C=O) groups is 1. The number of nitrogens with one attached hydrogen (secondary N) is 1. The van der Waals surface area contributed by atoms with Gasteiger partial charge in [0.05, 0.1) is 42.6 Å². The van der Waals surface area contributed by atoms with E-state index in [1.807, 2.05) is 43.3 Å². The van der Waals surface area contributed by atoms with Crippen LogP contribution in [0.2, 0.25) is 0 Å². The molecule has 1 amide bonds. The molecule has 1 atom stereocenters. The number of thioether (sulfide) groups is 1. The SMILES string of the molecule is COc1ccc(-n2c(SCC(=O)NC(C)c3ccccc3)nc3ccccc3c2=O)cc1OC. The van der Waals surface area contributed by atoms with E-state index in [-0.39, 0.29) is 23.3 Å². The van der Waals surface area contributed by atoms with E-state index in [0.717, 1.165) is 5.56 Å². The number of aromatic nitrogens is 2. The molecule has 3 aromatic carbocycles. The average Bonchev–Trinajstić information content (AvgIpc) is 2.87. The molecule has 0 spiro atoms. The molecule has 1 N–H and O–H groups in total. The smallest absolute Gasteiger partial charge is 0.266 e. The molecule has 1 heterocycles. The Kier molecular flexibility index (Phi) is 7.18. The standard InChI is InChI=1S/C26H25N3O4S/c1-17(18-9-5-4-6-10-18)27-24(30)16-34-26-28-21-12-8-7-11-20(21)25(31)29(26)19-13-14-22(32-2)23(15-19)33-3/h4-15,17H,16H2,1-3H3,(H,27,30). The Morgan fingerprint density at radius 3 is 2.44 bits per heavy atom. The van der Waals surface area contributed by atoms with Gasteiger partial charge in [0.15, 0.2) is 16.7 Å². The lowest BCUT2D eigenvalue weighted by molar-refractivity contribution is -0.119. The number of rotatable bonds is 8. The number of ether oxygens (including phenoxy) is 2. The second-order valence-corrected chi connectivity index (χ2v) is 8.52. The van der Waals surface area contributed by atoms with Crippen LogP contribution in [-0.4, -0.2) is 35.4 Å². The van der Waals surface area contributed by atoms with Crippen LogP contribution in [-0.2, 0) is 4.79 Å². The molecule has 0 saturated carbocycles. The summed E-state index contributed by atoms with van der Waals surface area (Å²) in [6.45, 7) is 1.94. The summed E-state index contributed by atoms with van der Waals surface area (Å²) in [4.78, 5) is 30.8. The van der Waals surface area contributed by atoms with Gasteiger partial charge in [-0.05, 0) is 36.8 Å². The van der Waals surface area contributed by atoms with Crippen LogP contribution < -0.4 is 20.3 Å². The Morgan fingerprint density at radius 1 is 1.00 bits per heavy atom.